The summed E-state index contributed by atoms with van der Waals surface area (Å²) >= 11 is 0. The van der Waals surface area contributed by atoms with Crippen molar-refractivity contribution in [3.63, 3.8) is 0 Å². The van der Waals surface area contributed by atoms with E-state index < -0.39 is 0 Å². The Morgan fingerprint density at radius 2 is 2.15 bits per heavy atom. The highest BCUT2D eigenvalue weighted by atomic mass is 15.2. The maximum atomic E-state index is 4.26. The molecule has 0 aromatic carbocycles. The molecule has 1 aromatic rings. The Balaban J connectivity index is 1.73. The van der Waals surface area contributed by atoms with Crippen LogP contribution in [0, 0.1) is 11.3 Å². The van der Waals surface area contributed by atoms with E-state index in [9.17, 15) is 0 Å². The number of hydrogen-bond donors (Lipinski definition) is 1. The van der Waals surface area contributed by atoms with Gasteiger partial charge < -0.3 is 5.32 Å². The molecule has 3 rings (SSSR count). The zero-order chi connectivity index (χ0) is 14.2. The molecule has 3 nitrogen and oxygen atoms in total. The molecule has 20 heavy (non-hydrogen) atoms. The van der Waals surface area contributed by atoms with Crippen LogP contribution in [0.15, 0.2) is 24.5 Å². The average Bonchev–Trinajstić information content (AvgIpc) is 3.23. The first-order chi connectivity index (χ1) is 9.54. The molecular formula is C17H27N3. The molecule has 2 heterocycles. The van der Waals surface area contributed by atoms with Gasteiger partial charge in [0.1, 0.15) is 0 Å². The van der Waals surface area contributed by atoms with Crippen LogP contribution in [0.4, 0.5) is 0 Å². The van der Waals surface area contributed by atoms with Gasteiger partial charge in [-0.15, -0.1) is 0 Å². The lowest BCUT2D eigenvalue weighted by Gasteiger charge is -2.46. The smallest absolute Gasteiger partial charge is 0.0312 e. The van der Waals surface area contributed by atoms with Gasteiger partial charge in [-0.25, -0.2) is 0 Å². The fourth-order valence-corrected chi connectivity index (χ4v) is 3.41. The summed E-state index contributed by atoms with van der Waals surface area (Å²) in [5.74, 6) is 0.923. The third-order valence-corrected chi connectivity index (χ3v) is 4.74. The monoisotopic (exact) mass is 273 g/mol. The lowest BCUT2D eigenvalue weighted by atomic mass is 9.83. The SMILES string of the molecule is CC(C)(C)C1CNC(C2CC2)CN1Cc1cccnc1. The number of aromatic nitrogens is 1. The Morgan fingerprint density at radius 1 is 1.35 bits per heavy atom. The summed E-state index contributed by atoms with van der Waals surface area (Å²) in [7, 11) is 0. The van der Waals surface area contributed by atoms with Gasteiger partial charge in [-0.1, -0.05) is 26.8 Å². The zero-order valence-corrected chi connectivity index (χ0v) is 13.0. The molecular weight excluding hydrogens is 246 g/mol. The Morgan fingerprint density at radius 3 is 2.75 bits per heavy atom. The summed E-state index contributed by atoms with van der Waals surface area (Å²) in [6.45, 7) is 10.4. The van der Waals surface area contributed by atoms with Crippen LogP contribution in [-0.2, 0) is 6.54 Å². The number of rotatable bonds is 3. The molecule has 1 aromatic heterocycles. The fraction of sp³-hybridized carbons (Fsp3) is 0.706. The highest BCUT2D eigenvalue weighted by Gasteiger charge is 2.40. The number of piperazine rings is 1. The van der Waals surface area contributed by atoms with Crippen molar-refractivity contribution in [3.8, 4) is 0 Å². The Bertz CT molecular complexity index is 433. The van der Waals surface area contributed by atoms with Crippen LogP contribution in [0.1, 0.15) is 39.2 Å². The summed E-state index contributed by atoms with van der Waals surface area (Å²) in [5.41, 5.74) is 1.64. The van der Waals surface area contributed by atoms with Gasteiger partial charge in [0.05, 0.1) is 0 Å². The first kappa shape index (κ1) is 14.0. The Labute approximate surface area is 122 Å². The maximum Gasteiger partial charge on any atom is 0.0312 e. The van der Waals surface area contributed by atoms with Crippen molar-refractivity contribution >= 4 is 0 Å². The summed E-state index contributed by atoms with van der Waals surface area (Å²) in [6.07, 6.45) is 6.69. The van der Waals surface area contributed by atoms with Gasteiger partial charge in [0.15, 0.2) is 0 Å². The van der Waals surface area contributed by atoms with Crippen molar-refractivity contribution in [1.29, 1.82) is 0 Å². The van der Waals surface area contributed by atoms with Crippen LogP contribution in [0.5, 0.6) is 0 Å². The minimum Gasteiger partial charge on any atom is -0.311 e. The second kappa shape index (κ2) is 5.45. The van der Waals surface area contributed by atoms with Gasteiger partial charge in [-0.05, 0) is 35.8 Å². The van der Waals surface area contributed by atoms with Crippen LogP contribution >= 0.6 is 0 Å². The molecule has 0 radical (unpaired) electrons. The molecule has 1 saturated heterocycles. The van der Waals surface area contributed by atoms with E-state index >= 15 is 0 Å². The maximum absolute atomic E-state index is 4.26. The number of pyridine rings is 1. The molecule has 2 fully saturated rings. The third kappa shape index (κ3) is 3.21. The lowest BCUT2D eigenvalue weighted by molar-refractivity contribution is 0.0448. The van der Waals surface area contributed by atoms with Gasteiger partial charge in [-0.3, -0.25) is 9.88 Å². The molecule has 2 aliphatic rings. The molecule has 0 bridgehead atoms. The van der Waals surface area contributed by atoms with Crippen molar-refractivity contribution in [2.24, 2.45) is 11.3 Å². The van der Waals surface area contributed by atoms with Crippen LogP contribution in [0.3, 0.4) is 0 Å². The van der Waals surface area contributed by atoms with E-state index in [2.05, 4.69) is 42.0 Å². The van der Waals surface area contributed by atoms with E-state index in [4.69, 9.17) is 0 Å². The highest BCUT2D eigenvalue weighted by molar-refractivity contribution is 5.10. The molecule has 110 valence electrons. The second-order valence-corrected chi connectivity index (χ2v) is 7.52. The van der Waals surface area contributed by atoms with Gasteiger partial charge in [0.2, 0.25) is 0 Å². The minimum absolute atomic E-state index is 0.309. The number of nitrogens with zero attached hydrogens (tertiary/aromatic N) is 2. The quantitative estimate of drug-likeness (QED) is 0.918. The van der Waals surface area contributed by atoms with E-state index in [0.717, 1.165) is 19.0 Å². The van der Waals surface area contributed by atoms with E-state index in [0.29, 0.717) is 17.5 Å². The predicted molar refractivity (Wildman–Crippen MR) is 82.4 cm³/mol. The van der Waals surface area contributed by atoms with E-state index in [1.54, 1.807) is 0 Å². The average molecular weight is 273 g/mol. The van der Waals surface area contributed by atoms with E-state index in [1.807, 2.05) is 18.5 Å². The summed E-state index contributed by atoms with van der Waals surface area (Å²) in [5, 5.41) is 3.80. The van der Waals surface area contributed by atoms with Crippen LogP contribution < -0.4 is 5.32 Å². The Hall–Kier alpha value is -0.930. The van der Waals surface area contributed by atoms with Crippen molar-refractivity contribution in [3.05, 3.63) is 30.1 Å². The topological polar surface area (TPSA) is 28.2 Å². The first-order valence-electron chi connectivity index (χ1n) is 7.90. The van der Waals surface area contributed by atoms with Gasteiger partial charge in [0.25, 0.3) is 0 Å². The molecule has 1 aliphatic carbocycles. The lowest BCUT2D eigenvalue weighted by Crippen LogP contribution is -2.60. The van der Waals surface area contributed by atoms with Crippen molar-refractivity contribution in [2.75, 3.05) is 13.1 Å². The first-order valence-corrected chi connectivity index (χ1v) is 7.90. The highest BCUT2D eigenvalue weighted by Crippen LogP contribution is 2.36. The van der Waals surface area contributed by atoms with Gasteiger partial charge >= 0.3 is 0 Å². The third-order valence-electron chi connectivity index (χ3n) is 4.74. The zero-order valence-electron chi connectivity index (χ0n) is 13.0. The van der Waals surface area contributed by atoms with E-state index in [-0.39, 0.29) is 0 Å². The molecule has 2 unspecified atom stereocenters. The van der Waals surface area contributed by atoms with E-state index in [1.165, 1.54) is 24.9 Å². The minimum atomic E-state index is 0.309. The van der Waals surface area contributed by atoms with Crippen molar-refractivity contribution in [2.45, 2.75) is 52.2 Å². The Kier molecular flexibility index (Phi) is 3.83. The number of hydrogen-bond acceptors (Lipinski definition) is 3. The van der Waals surface area contributed by atoms with Crippen LogP contribution in [-0.4, -0.2) is 35.1 Å². The van der Waals surface area contributed by atoms with Crippen LogP contribution in [0.2, 0.25) is 0 Å². The van der Waals surface area contributed by atoms with Gasteiger partial charge in [-0.2, -0.15) is 0 Å². The van der Waals surface area contributed by atoms with Crippen LogP contribution in [0.25, 0.3) is 0 Å². The predicted octanol–water partition coefficient (Wildman–Crippen LogP) is 2.68. The normalized spacial score (nSPS) is 28.6. The standard InChI is InChI=1S/C17H27N3/c1-17(2,3)16-10-19-15(14-6-7-14)12-20(16)11-13-5-4-8-18-9-13/h4-5,8-9,14-16,19H,6-7,10-12H2,1-3H3. The summed E-state index contributed by atoms with van der Waals surface area (Å²) in [6, 6.07) is 5.53. The molecule has 1 N–H and O–H groups in total. The fourth-order valence-electron chi connectivity index (χ4n) is 3.41. The molecule has 1 aliphatic heterocycles. The molecule has 2 atom stereocenters. The van der Waals surface area contributed by atoms with Crippen molar-refractivity contribution in [1.82, 2.24) is 15.2 Å². The molecule has 3 heteroatoms. The van der Waals surface area contributed by atoms with Crippen molar-refractivity contribution < 1.29 is 0 Å². The molecule has 0 spiro atoms. The summed E-state index contributed by atoms with van der Waals surface area (Å²) in [4.78, 5) is 6.94. The summed E-state index contributed by atoms with van der Waals surface area (Å²) < 4.78 is 0. The largest absolute Gasteiger partial charge is 0.311 e. The molecule has 0 amide bonds. The van der Waals surface area contributed by atoms with Gasteiger partial charge in [0, 0.05) is 44.1 Å². The molecule has 1 saturated carbocycles. The second-order valence-electron chi connectivity index (χ2n) is 7.52. The number of nitrogens with one attached hydrogen (secondary N) is 1.